The molecule has 3 rings (SSSR count). The minimum atomic E-state index is -0.225. The molecule has 0 radical (unpaired) electrons. The molecule has 0 fully saturated rings. The van der Waals surface area contributed by atoms with Crippen LogP contribution in [0, 0.1) is 27.7 Å². The predicted molar refractivity (Wildman–Crippen MR) is 124 cm³/mol. The van der Waals surface area contributed by atoms with Crippen molar-refractivity contribution in [2.45, 2.75) is 34.2 Å². The molecule has 162 valence electrons. The van der Waals surface area contributed by atoms with Gasteiger partial charge in [0.1, 0.15) is 5.75 Å². The molecule has 0 aliphatic heterocycles. The van der Waals surface area contributed by atoms with E-state index in [4.69, 9.17) is 4.74 Å². The van der Waals surface area contributed by atoms with E-state index in [-0.39, 0.29) is 5.91 Å². The van der Waals surface area contributed by atoms with E-state index >= 15 is 0 Å². The average molecular weight is 420 g/mol. The zero-order chi connectivity index (χ0) is 22.5. The van der Waals surface area contributed by atoms with Gasteiger partial charge in [-0.1, -0.05) is 12.1 Å². The Bertz CT molecular complexity index is 1130. The van der Waals surface area contributed by atoms with Crippen molar-refractivity contribution >= 4 is 17.6 Å². The number of rotatable bonds is 5. The molecule has 0 atom stereocenters. The smallest absolute Gasteiger partial charge is 0.257 e. The van der Waals surface area contributed by atoms with Crippen LogP contribution in [-0.2, 0) is 13.6 Å². The number of nitrogens with zero attached hydrogens (tertiary/aromatic N) is 3. The number of aromatic nitrogens is 2. The van der Waals surface area contributed by atoms with Crippen LogP contribution in [-0.4, -0.2) is 28.8 Å². The van der Waals surface area contributed by atoms with Crippen LogP contribution in [0.1, 0.15) is 38.4 Å². The summed E-state index contributed by atoms with van der Waals surface area (Å²) in [6, 6.07) is 13.1. The normalized spacial score (nSPS) is 11.4. The van der Waals surface area contributed by atoms with Crippen molar-refractivity contribution < 1.29 is 9.53 Å². The van der Waals surface area contributed by atoms with Gasteiger partial charge in [0.05, 0.1) is 19.3 Å². The summed E-state index contributed by atoms with van der Waals surface area (Å²) >= 11 is 0. The quantitative estimate of drug-likeness (QED) is 0.483. The van der Waals surface area contributed by atoms with Gasteiger partial charge < -0.3 is 10.1 Å². The lowest BCUT2D eigenvalue weighted by molar-refractivity contribution is 0.0977. The van der Waals surface area contributed by atoms with Gasteiger partial charge in [0.15, 0.2) is 0 Å². The fourth-order valence-corrected chi connectivity index (χ4v) is 3.21. The Labute approximate surface area is 183 Å². The van der Waals surface area contributed by atoms with Crippen LogP contribution in [0.3, 0.4) is 0 Å². The summed E-state index contributed by atoms with van der Waals surface area (Å²) in [6.07, 6.45) is 0. The second-order valence-corrected chi connectivity index (χ2v) is 7.55. The number of anilines is 1. The fraction of sp³-hybridized carbons (Fsp3) is 0.292. The van der Waals surface area contributed by atoms with Gasteiger partial charge in [-0.25, -0.2) is 4.99 Å². The summed E-state index contributed by atoms with van der Waals surface area (Å²) in [7, 11) is 3.52. The lowest BCUT2D eigenvalue weighted by Gasteiger charge is -2.13. The summed E-state index contributed by atoms with van der Waals surface area (Å²) in [5, 5.41) is 10.6. The maximum Gasteiger partial charge on any atom is 0.257 e. The molecule has 0 spiro atoms. The zero-order valence-electron chi connectivity index (χ0n) is 18.9. The second-order valence-electron chi connectivity index (χ2n) is 7.55. The summed E-state index contributed by atoms with van der Waals surface area (Å²) in [6.45, 7) is 8.37. The number of carbonyl (C=O) groups is 1. The van der Waals surface area contributed by atoms with Crippen LogP contribution in [0.5, 0.6) is 5.75 Å². The van der Waals surface area contributed by atoms with Crippen molar-refractivity contribution in [1.29, 1.82) is 0 Å². The molecule has 7 heteroatoms. The average Bonchev–Trinajstić information content (AvgIpc) is 2.99. The third-order valence-electron chi connectivity index (χ3n) is 5.39. The van der Waals surface area contributed by atoms with E-state index in [9.17, 15) is 4.79 Å². The van der Waals surface area contributed by atoms with E-state index < -0.39 is 0 Å². The highest BCUT2D eigenvalue weighted by atomic mass is 16.5. The first kappa shape index (κ1) is 22.1. The van der Waals surface area contributed by atoms with Gasteiger partial charge in [-0.3, -0.25) is 14.8 Å². The zero-order valence-corrected chi connectivity index (χ0v) is 18.9. The van der Waals surface area contributed by atoms with E-state index in [1.807, 2.05) is 81.9 Å². The number of hydrogen-bond acceptors (Lipinski definition) is 4. The Morgan fingerprint density at radius 3 is 2.52 bits per heavy atom. The van der Waals surface area contributed by atoms with Crippen molar-refractivity contribution in [3.8, 4) is 5.75 Å². The number of hydrogen-bond donors (Lipinski definition) is 2. The van der Waals surface area contributed by atoms with Gasteiger partial charge in [-0.05, 0) is 63.1 Å². The predicted octanol–water partition coefficient (Wildman–Crippen LogP) is 4.06. The van der Waals surface area contributed by atoms with Gasteiger partial charge in [-0.2, -0.15) is 5.10 Å². The molecule has 2 N–H and O–H groups in total. The minimum Gasteiger partial charge on any atom is -0.497 e. The molecule has 0 aliphatic carbocycles. The fourth-order valence-electron chi connectivity index (χ4n) is 3.21. The highest BCUT2D eigenvalue weighted by molar-refractivity contribution is 6.10. The standard InChI is InChI=1S/C24H29N5O2/c1-15-10-11-19(12-16(15)2)23(30)27-24(26-20-8-7-9-21(13-20)31-6)25-14-22-17(3)28-29(5)18(22)4/h7-13H,14H2,1-6H3,(H2,25,26,27,30). The first-order chi connectivity index (χ1) is 14.8. The van der Waals surface area contributed by atoms with Crippen molar-refractivity contribution in [3.63, 3.8) is 0 Å². The Hall–Kier alpha value is -3.61. The SMILES string of the molecule is COc1cccc(NC(=NCc2c(C)nn(C)c2C)NC(=O)c2ccc(C)c(C)c2)c1. The largest absolute Gasteiger partial charge is 0.497 e. The maximum atomic E-state index is 12.9. The summed E-state index contributed by atoms with van der Waals surface area (Å²) in [5.74, 6) is 0.847. The molecule has 0 aliphatic rings. The topological polar surface area (TPSA) is 80.5 Å². The molecule has 0 saturated carbocycles. The van der Waals surface area contributed by atoms with Crippen LogP contribution in [0.25, 0.3) is 0 Å². The molecule has 1 aromatic heterocycles. The van der Waals surface area contributed by atoms with E-state index in [2.05, 4.69) is 20.7 Å². The second kappa shape index (κ2) is 9.47. The van der Waals surface area contributed by atoms with Crippen LogP contribution in [0.4, 0.5) is 5.69 Å². The van der Waals surface area contributed by atoms with E-state index in [0.717, 1.165) is 33.8 Å². The Balaban J connectivity index is 1.88. The Morgan fingerprint density at radius 1 is 1.10 bits per heavy atom. The molecule has 31 heavy (non-hydrogen) atoms. The highest BCUT2D eigenvalue weighted by Gasteiger charge is 2.13. The van der Waals surface area contributed by atoms with Crippen molar-refractivity contribution in [2.75, 3.05) is 12.4 Å². The molecule has 1 heterocycles. The molecular weight excluding hydrogens is 390 g/mol. The summed E-state index contributed by atoms with van der Waals surface area (Å²) in [5.41, 5.74) is 6.55. The third-order valence-corrected chi connectivity index (χ3v) is 5.39. The molecule has 0 unspecified atom stereocenters. The lowest BCUT2D eigenvalue weighted by atomic mass is 10.1. The Kier molecular flexibility index (Phi) is 6.74. The van der Waals surface area contributed by atoms with Gasteiger partial charge in [0.2, 0.25) is 5.96 Å². The first-order valence-electron chi connectivity index (χ1n) is 10.1. The van der Waals surface area contributed by atoms with Crippen molar-refractivity contribution in [1.82, 2.24) is 15.1 Å². The van der Waals surface area contributed by atoms with Crippen LogP contribution >= 0.6 is 0 Å². The number of methoxy groups -OCH3 is 1. The van der Waals surface area contributed by atoms with E-state index in [1.165, 1.54) is 0 Å². The van der Waals surface area contributed by atoms with Gasteiger partial charge in [-0.15, -0.1) is 0 Å². The Morgan fingerprint density at radius 2 is 1.87 bits per heavy atom. The number of aliphatic imine (C=N–C) groups is 1. The number of guanidine groups is 1. The molecule has 3 aromatic rings. The van der Waals surface area contributed by atoms with Gasteiger partial charge in [0, 0.05) is 35.6 Å². The molecule has 0 saturated heterocycles. The van der Waals surface area contributed by atoms with E-state index in [1.54, 1.807) is 7.11 Å². The van der Waals surface area contributed by atoms with Crippen molar-refractivity contribution in [3.05, 3.63) is 76.1 Å². The molecule has 7 nitrogen and oxygen atoms in total. The number of nitrogens with one attached hydrogen (secondary N) is 2. The van der Waals surface area contributed by atoms with E-state index in [0.29, 0.717) is 23.8 Å². The molecule has 2 aromatic carbocycles. The first-order valence-corrected chi connectivity index (χ1v) is 10.1. The summed E-state index contributed by atoms with van der Waals surface area (Å²) in [4.78, 5) is 17.6. The highest BCUT2D eigenvalue weighted by Crippen LogP contribution is 2.18. The van der Waals surface area contributed by atoms with Crippen molar-refractivity contribution in [2.24, 2.45) is 12.0 Å². The number of ether oxygens (including phenoxy) is 1. The number of aryl methyl sites for hydroxylation is 4. The third kappa shape index (κ3) is 5.31. The monoisotopic (exact) mass is 419 g/mol. The van der Waals surface area contributed by atoms with Crippen LogP contribution < -0.4 is 15.4 Å². The number of benzene rings is 2. The minimum absolute atomic E-state index is 0.225. The molecule has 0 bridgehead atoms. The summed E-state index contributed by atoms with van der Waals surface area (Å²) < 4.78 is 7.13. The van der Waals surface area contributed by atoms with Gasteiger partial charge >= 0.3 is 0 Å². The van der Waals surface area contributed by atoms with Crippen LogP contribution in [0.2, 0.25) is 0 Å². The maximum absolute atomic E-state index is 12.9. The number of amides is 1. The molecular formula is C24H29N5O2. The number of carbonyl (C=O) groups excluding carboxylic acids is 1. The van der Waals surface area contributed by atoms with Gasteiger partial charge in [0.25, 0.3) is 5.91 Å². The lowest BCUT2D eigenvalue weighted by Crippen LogP contribution is -2.36. The molecule has 1 amide bonds. The van der Waals surface area contributed by atoms with Crippen LogP contribution in [0.15, 0.2) is 47.5 Å².